The SMILES string of the molecule is NCC(F)(F)CNC(=O)c1ccc2cn[nH]c2c1. The minimum atomic E-state index is -3.09. The number of amides is 1. The van der Waals surface area contributed by atoms with Gasteiger partial charge in [0.2, 0.25) is 0 Å². The van der Waals surface area contributed by atoms with Gasteiger partial charge in [0.25, 0.3) is 11.8 Å². The molecule has 1 aromatic carbocycles. The van der Waals surface area contributed by atoms with Crippen LogP contribution in [0.1, 0.15) is 10.4 Å². The molecule has 0 unspecified atom stereocenters. The number of aromatic nitrogens is 2. The molecule has 2 aromatic rings. The summed E-state index contributed by atoms with van der Waals surface area (Å²) in [6, 6.07) is 4.79. The van der Waals surface area contributed by atoms with Crippen molar-refractivity contribution >= 4 is 16.8 Å². The molecule has 0 saturated heterocycles. The summed E-state index contributed by atoms with van der Waals surface area (Å²) in [4.78, 5) is 11.7. The maximum absolute atomic E-state index is 12.9. The minimum absolute atomic E-state index is 0.291. The number of alkyl halides is 2. The van der Waals surface area contributed by atoms with Crippen LogP contribution in [0.15, 0.2) is 24.4 Å². The molecule has 7 heteroatoms. The van der Waals surface area contributed by atoms with Crippen molar-refractivity contribution in [2.24, 2.45) is 5.73 Å². The van der Waals surface area contributed by atoms with Crippen molar-refractivity contribution in [3.63, 3.8) is 0 Å². The smallest absolute Gasteiger partial charge is 0.277 e. The van der Waals surface area contributed by atoms with Crippen LogP contribution in [0.2, 0.25) is 0 Å². The molecule has 0 atom stereocenters. The maximum Gasteiger partial charge on any atom is 0.277 e. The van der Waals surface area contributed by atoms with Crippen molar-refractivity contribution in [2.45, 2.75) is 5.92 Å². The average Bonchev–Trinajstić information content (AvgIpc) is 2.83. The Balaban J connectivity index is 2.08. The molecule has 1 amide bonds. The van der Waals surface area contributed by atoms with Crippen LogP contribution in [-0.4, -0.2) is 35.1 Å². The summed E-state index contributed by atoms with van der Waals surface area (Å²) in [5.74, 6) is -3.66. The van der Waals surface area contributed by atoms with Gasteiger partial charge in [0.05, 0.1) is 24.8 Å². The maximum atomic E-state index is 12.9. The van der Waals surface area contributed by atoms with Crippen LogP contribution in [0.3, 0.4) is 0 Å². The summed E-state index contributed by atoms with van der Waals surface area (Å²) in [5.41, 5.74) is 5.84. The first kappa shape index (κ1) is 12.4. The van der Waals surface area contributed by atoms with E-state index in [0.717, 1.165) is 5.39 Å². The number of hydrogen-bond acceptors (Lipinski definition) is 3. The molecule has 0 spiro atoms. The highest BCUT2D eigenvalue weighted by Crippen LogP contribution is 2.13. The molecular formula is C11H12F2N4O. The van der Waals surface area contributed by atoms with E-state index in [4.69, 9.17) is 5.73 Å². The first-order valence-electron chi connectivity index (χ1n) is 5.31. The van der Waals surface area contributed by atoms with E-state index < -0.39 is 24.9 Å². The molecule has 1 aromatic heterocycles. The summed E-state index contributed by atoms with van der Waals surface area (Å²) < 4.78 is 25.8. The number of carbonyl (C=O) groups is 1. The fourth-order valence-corrected chi connectivity index (χ4v) is 1.46. The van der Waals surface area contributed by atoms with Gasteiger partial charge in [-0.3, -0.25) is 9.89 Å². The average molecular weight is 254 g/mol. The Morgan fingerprint density at radius 3 is 3.00 bits per heavy atom. The van der Waals surface area contributed by atoms with E-state index in [1.165, 1.54) is 0 Å². The van der Waals surface area contributed by atoms with Crippen molar-refractivity contribution in [2.75, 3.05) is 13.1 Å². The number of nitrogens with one attached hydrogen (secondary N) is 2. The number of rotatable bonds is 4. The Hall–Kier alpha value is -2.02. The Labute approximate surface area is 101 Å². The molecule has 0 fully saturated rings. The molecule has 0 aliphatic carbocycles. The molecule has 0 radical (unpaired) electrons. The third-order valence-corrected chi connectivity index (χ3v) is 2.51. The lowest BCUT2D eigenvalue weighted by molar-refractivity contribution is 0.0118. The fraction of sp³-hybridized carbons (Fsp3) is 0.273. The lowest BCUT2D eigenvalue weighted by Gasteiger charge is -2.14. The molecule has 0 saturated carbocycles. The van der Waals surface area contributed by atoms with Gasteiger partial charge in [0.15, 0.2) is 0 Å². The number of nitrogens with two attached hydrogens (primary N) is 1. The predicted octanol–water partition coefficient (Wildman–Crippen LogP) is 0.887. The van der Waals surface area contributed by atoms with Gasteiger partial charge >= 0.3 is 0 Å². The van der Waals surface area contributed by atoms with Crippen LogP contribution in [0.4, 0.5) is 8.78 Å². The van der Waals surface area contributed by atoms with Crippen LogP contribution in [0, 0.1) is 0 Å². The Morgan fingerprint density at radius 2 is 2.28 bits per heavy atom. The van der Waals surface area contributed by atoms with E-state index in [1.54, 1.807) is 24.4 Å². The van der Waals surface area contributed by atoms with Crippen LogP contribution >= 0.6 is 0 Å². The Bertz CT molecular complexity index is 567. The summed E-state index contributed by atoms with van der Waals surface area (Å²) >= 11 is 0. The number of nitrogens with zero attached hydrogens (tertiary/aromatic N) is 1. The molecule has 96 valence electrons. The Kier molecular flexibility index (Phi) is 3.24. The lowest BCUT2D eigenvalue weighted by atomic mass is 10.1. The number of carbonyl (C=O) groups excluding carboxylic acids is 1. The van der Waals surface area contributed by atoms with Crippen molar-refractivity contribution in [1.82, 2.24) is 15.5 Å². The quantitative estimate of drug-likeness (QED) is 0.757. The standard InChI is InChI=1S/C11H12F2N4O/c12-11(13,5-14)6-15-10(18)7-1-2-8-4-16-17-9(8)3-7/h1-4H,5-6,14H2,(H,15,18)(H,16,17). The predicted molar refractivity (Wildman–Crippen MR) is 62.4 cm³/mol. The van der Waals surface area contributed by atoms with Crippen molar-refractivity contribution < 1.29 is 13.6 Å². The molecule has 4 N–H and O–H groups in total. The highest BCUT2D eigenvalue weighted by Gasteiger charge is 2.27. The monoisotopic (exact) mass is 254 g/mol. The zero-order chi connectivity index (χ0) is 13.2. The van der Waals surface area contributed by atoms with Gasteiger partial charge in [0, 0.05) is 10.9 Å². The highest BCUT2D eigenvalue weighted by molar-refractivity contribution is 5.97. The van der Waals surface area contributed by atoms with E-state index in [-0.39, 0.29) is 0 Å². The van der Waals surface area contributed by atoms with E-state index in [0.29, 0.717) is 11.1 Å². The van der Waals surface area contributed by atoms with Gasteiger partial charge in [0.1, 0.15) is 0 Å². The largest absolute Gasteiger partial charge is 0.346 e. The van der Waals surface area contributed by atoms with Crippen molar-refractivity contribution in [3.05, 3.63) is 30.0 Å². The van der Waals surface area contributed by atoms with E-state index >= 15 is 0 Å². The zero-order valence-electron chi connectivity index (χ0n) is 9.41. The summed E-state index contributed by atoms with van der Waals surface area (Å²) in [5, 5.41) is 9.50. The second-order valence-corrected chi connectivity index (χ2v) is 3.91. The third kappa shape index (κ3) is 2.62. The minimum Gasteiger partial charge on any atom is -0.346 e. The first-order valence-corrected chi connectivity index (χ1v) is 5.31. The van der Waals surface area contributed by atoms with Gasteiger partial charge < -0.3 is 11.1 Å². The van der Waals surface area contributed by atoms with Gasteiger partial charge in [-0.05, 0) is 12.1 Å². The van der Waals surface area contributed by atoms with Crippen LogP contribution in [0.5, 0.6) is 0 Å². The van der Waals surface area contributed by atoms with Gasteiger partial charge in [-0.2, -0.15) is 5.10 Å². The van der Waals surface area contributed by atoms with E-state index in [9.17, 15) is 13.6 Å². The van der Waals surface area contributed by atoms with Crippen molar-refractivity contribution in [3.8, 4) is 0 Å². The molecule has 5 nitrogen and oxygen atoms in total. The second-order valence-electron chi connectivity index (χ2n) is 3.91. The third-order valence-electron chi connectivity index (χ3n) is 2.51. The number of benzene rings is 1. The molecule has 0 aliphatic heterocycles. The first-order chi connectivity index (χ1) is 8.52. The topological polar surface area (TPSA) is 83.8 Å². The molecule has 0 aliphatic rings. The van der Waals surface area contributed by atoms with E-state index in [2.05, 4.69) is 15.5 Å². The van der Waals surface area contributed by atoms with Crippen molar-refractivity contribution in [1.29, 1.82) is 0 Å². The molecule has 18 heavy (non-hydrogen) atoms. The number of H-pyrrole nitrogens is 1. The number of aromatic amines is 1. The molecule has 0 bridgehead atoms. The molecule has 1 heterocycles. The van der Waals surface area contributed by atoms with E-state index in [1.807, 2.05) is 0 Å². The van der Waals surface area contributed by atoms with Crippen LogP contribution < -0.4 is 11.1 Å². The lowest BCUT2D eigenvalue weighted by Crippen LogP contribution is -2.41. The van der Waals surface area contributed by atoms with Gasteiger partial charge in [-0.15, -0.1) is 0 Å². The summed E-state index contributed by atoms with van der Waals surface area (Å²) in [6.45, 7) is -1.57. The number of hydrogen-bond donors (Lipinski definition) is 3. The summed E-state index contributed by atoms with van der Waals surface area (Å²) in [7, 11) is 0. The molecule has 2 rings (SSSR count). The van der Waals surface area contributed by atoms with Gasteiger partial charge in [-0.25, -0.2) is 8.78 Å². The van der Waals surface area contributed by atoms with Gasteiger partial charge in [-0.1, -0.05) is 6.07 Å². The fourth-order valence-electron chi connectivity index (χ4n) is 1.46. The number of halogens is 2. The summed E-state index contributed by atoms with van der Waals surface area (Å²) in [6.07, 6.45) is 1.61. The molecular weight excluding hydrogens is 242 g/mol. The zero-order valence-corrected chi connectivity index (χ0v) is 9.41. The van der Waals surface area contributed by atoms with Crippen LogP contribution in [-0.2, 0) is 0 Å². The van der Waals surface area contributed by atoms with Crippen LogP contribution in [0.25, 0.3) is 10.9 Å². The highest BCUT2D eigenvalue weighted by atomic mass is 19.3. The normalized spacial score (nSPS) is 11.7. The Morgan fingerprint density at radius 1 is 1.50 bits per heavy atom. The number of fused-ring (bicyclic) bond motifs is 1. The second kappa shape index (κ2) is 4.69.